The molecule has 1 aromatic carbocycles. The average molecular weight is 266 g/mol. The van der Waals surface area contributed by atoms with Crippen LogP contribution < -0.4 is 5.73 Å². The SMILES string of the molecule is Cc1ccc(-c2cc3nc(C)c(CN)c(C)n3n2)cc1. The van der Waals surface area contributed by atoms with E-state index in [-0.39, 0.29) is 0 Å². The summed E-state index contributed by atoms with van der Waals surface area (Å²) in [4.78, 5) is 4.59. The lowest BCUT2D eigenvalue weighted by Gasteiger charge is -2.08. The van der Waals surface area contributed by atoms with E-state index in [1.54, 1.807) is 0 Å². The van der Waals surface area contributed by atoms with Gasteiger partial charge < -0.3 is 5.73 Å². The fraction of sp³-hybridized carbons (Fsp3) is 0.250. The van der Waals surface area contributed by atoms with E-state index in [9.17, 15) is 0 Å². The molecular weight excluding hydrogens is 248 g/mol. The molecule has 0 saturated heterocycles. The molecule has 2 heterocycles. The normalized spacial score (nSPS) is 11.2. The highest BCUT2D eigenvalue weighted by molar-refractivity contribution is 5.64. The van der Waals surface area contributed by atoms with E-state index in [1.807, 2.05) is 24.4 Å². The highest BCUT2D eigenvalue weighted by Crippen LogP contribution is 2.22. The van der Waals surface area contributed by atoms with Crippen LogP contribution in [0.4, 0.5) is 0 Å². The van der Waals surface area contributed by atoms with Gasteiger partial charge in [0.25, 0.3) is 0 Å². The number of nitrogens with two attached hydrogens (primary N) is 1. The topological polar surface area (TPSA) is 56.2 Å². The summed E-state index contributed by atoms with van der Waals surface area (Å²) in [5, 5.41) is 4.66. The van der Waals surface area contributed by atoms with Gasteiger partial charge in [0, 0.05) is 35.1 Å². The summed E-state index contributed by atoms with van der Waals surface area (Å²) in [7, 11) is 0. The van der Waals surface area contributed by atoms with Crippen LogP contribution in [0.1, 0.15) is 22.5 Å². The number of fused-ring (bicyclic) bond motifs is 1. The molecule has 0 amide bonds. The minimum atomic E-state index is 0.486. The van der Waals surface area contributed by atoms with Crippen molar-refractivity contribution < 1.29 is 0 Å². The number of aromatic nitrogens is 3. The van der Waals surface area contributed by atoms with Crippen molar-refractivity contribution in [2.75, 3.05) is 0 Å². The summed E-state index contributed by atoms with van der Waals surface area (Å²) < 4.78 is 1.88. The van der Waals surface area contributed by atoms with Crippen molar-refractivity contribution in [1.29, 1.82) is 0 Å². The molecule has 0 fully saturated rings. The van der Waals surface area contributed by atoms with Crippen LogP contribution in [0.15, 0.2) is 30.3 Å². The minimum absolute atomic E-state index is 0.486. The van der Waals surface area contributed by atoms with Gasteiger partial charge in [0.05, 0.1) is 5.69 Å². The standard InChI is InChI=1S/C16H18N4/c1-10-4-6-13(7-5-10)15-8-16-18-11(2)14(9-17)12(3)20(16)19-15/h4-8H,9,17H2,1-3H3. The van der Waals surface area contributed by atoms with Gasteiger partial charge in [0.1, 0.15) is 0 Å². The number of benzene rings is 1. The first-order valence-electron chi connectivity index (χ1n) is 6.73. The number of hydrogen-bond donors (Lipinski definition) is 1. The van der Waals surface area contributed by atoms with E-state index in [4.69, 9.17) is 5.73 Å². The Kier molecular flexibility index (Phi) is 3.03. The molecule has 0 bridgehead atoms. The van der Waals surface area contributed by atoms with Gasteiger partial charge in [0.2, 0.25) is 0 Å². The minimum Gasteiger partial charge on any atom is -0.326 e. The van der Waals surface area contributed by atoms with Gasteiger partial charge >= 0.3 is 0 Å². The third-order valence-corrected chi connectivity index (χ3v) is 3.72. The summed E-state index contributed by atoms with van der Waals surface area (Å²) in [5.41, 5.74) is 13.1. The Balaban J connectivity index is 2.20. The first-order chi connectivity index (χ1) is 9.60. The highest BCUT2D eigenvalue weighted by Gasteiger charge is 2.11. The predicted molar refractivity (Wildman–Crippen MR) is 80.5 cm³/mol. The molecule has 102 valence electrons. The number of hydrogen-bond acceptors (Lipinski definition) is 3. The van der Waals surface area contributed by atoms with Crippen LogP contribution in [0.3, 0.4) is 0 Å². The van der Waals surface area contributed by atoms with Gasteiger partial charge in [-0.25, -0.2) is 9.50 Å². The van der Waals surface area contributed by atoms with Crippen LogP contribution in [0.5, 0.6) is 0 Å². The molecule has 0 saturated carbocycles. The van der Waals surface area contributed by atoms with Crippen molar-refractivity contribution in [3.05, 3.63) is 52.8 Å². The maximum Gasteiger partial charge on any atom is 0.156 e. The third-order valence-electron chi connectivity index (χ3n) is 3.72. The quantitative estimate of drug-likeness (QED) is 0.776. The summed E-state index contributed by atoms with van der Waals surface area (Å²) in [6, 6.07) is 10.4. The lowest BCUT2D eigenvalue weighted by Crippen LogP contribution is -2.09. The molecule has 0 radical (unpaired) electrons. The van der Waals surface area contributed by atoms with E-state index < -0.39 is 0 Å². The fourth-order valence-electron chi connectivity index (χ4n) is 2.49. The van der Waals surface area contributed by atoms with E-state index in [0.717, 1.165) is 33.9 Å². The molecule has 0 aliphatic carbocycles. The lowest BCUT2D eigenvalue weighted by atomic mass is 10.1. The molecule has 0 aliphatic heterocycles. The van der Waals surface area contributed by atoms with Crippen molar-refractivity contribution in [1.82, 2.24) is 14.6 Å². The largest absolute Gasteiger partial charge is 0.326 e. The van der Waals surface area contributed by atoms with Crippen molar-refractivity contribution in [2.24, 2.45) is 5.73 Å². The average Bonchev–Trinajstić information content (AvgIpc) is 2.84. The molecule has 0 spiro atoms. The van der Waals surface area contributed by atoms with Gasteiger partial charge in [-0.1, -0.05) is 29.8 Å². The zero-order chi connectivity index (χ0) is 14.3. The number of rotatable bonds is 2. The molecule has 4 nitrogen and oxygen atoms in total. The summed E-state index contributed by atoms with van der Waals surface area (Å²) >= 11 is 0. The number of nitrogens with zero attached hydrogens (tertiary/aromatic N) is 3. The van der Waals surface area contributed by atoms with Crippen LogP contribution in [-0.2, 0) is 6.54 Å². The Morgan fingerprint density at radius 1 is 1.10 bits per heavy atom. The molecule has 4 heteroatoms. The van der Waals surface area contributed by atoms with Gasteiger partial charge in [-0.2, -0.15) is 5.10 Å². The second-order valence-corrected chi connectivity index (χ2v) is 5.13. The van der Waals surface area contributed by atoms with Crippen LogP contribution >= 0.6 is 0 Å². The van der Waals surface area contributed by atoms with Crippen molar-refractivity contribution in [3.63, 3.8) is 0 Å². The first kappa shape index (κ1) is 12.8. The Labute approximate surface area is 118 Å². The molecule has 0 atom stereocenters. The number of aryl methyl sites for hydroxylation is 3. The highest BCUT2D eigenvalue weighted by atomic mass is 15.3. The Morgan fingerprint density at radius 2 is 1.80 bits per heavy atom. The molecule has 0 unspecified atom stereocenters. The third kappa shape index (κ3) is 1.98. The van der Waals surface area contributed by atoms with Crippen LogP contribution in [0.25, 0.3) is 16.9 Å². The Bertz CT molecular complexity index is 769. The maximum atomic E-state index is 5.80. The maximum absolute atomic E-state index is 5.80. The van der Waals surface area contributed by atoms with Gasteiger partial charge in [-0.3, -0.25) is 0 Å². The van der Waals surface area contributed by atoms with Crippen molar-refractivity contribution >= 4 is 5.65 Å². The molecule has 2 aromatic heterocycles. The van der Waals surface area contributed by atoms with E-state index in [1.165, 1.54) is 5.56 Å². The molecule has 2 N–H and O–H groups in total. The molecule has 20 heavy (non-hydrogen) atoms. The van der Waals surface area contributed by atoms with Gasteiger partial charge in [0.15, 0.2) is 5.65 Å². The second-order valence-electron chi connectivity index (χ2n) is 5.13. The predicted octanol–water partition coefficient (Wildman–Crippen LogP) is 2.78. The van der Waals surface area contributed by atoms with Gasteiger partial charge in [-0.15, -0.1) is 0 Å². The van der Waals surface area contributed by atoms with E-state index in [2.05, 4.69) is 41.3 Å². The Morgan fingerprint density at radius 3 is 2.45 bits per heavy atom. The van der Waals surface area contributed by atoms with Crippen molar-refractivity contribution in [3.8, 4) is 11.3 Å². The smallest absolute Gasteiger partial charge is 0.156 e. The zero-order valence-corrected chi connectivity index (χ0v) is 12.0. The molecular formula is C16H18N4. The zero-order valence-electron chi connectivity index (χ0n) is 12.0. The summed E-state index contributed by atoms with van der Waals surface area (Å²) in [6.45, 7) is 6.60. The lowest BCUT2D eigenvalue weighted by molar-refractivity contribution is 0.845. The second kappa shape index (κ2) is 4.72. The van der Waals surface area contributed by atoms with Crippen LogP contribution in [-0.4, -0.2) is 14.6 Å². The first-order valence-corrected chi connectivity index (χ1v) is 6.73. The Hall–Kier alpha value is -2.20. The van der Waals surface area contributed by atoms with Gasteiger partial charge in [-0.05, 0) is 20.8 Å². The molecule has 3 aromatic rings. The fourth-order valence-corrected chi connectivity index (χ4v) is 2.49. The van der Waals surface area contributed by atoms with E-state index in [0.29, 0.717) is 6.54 Å². The summed E-state index contributed by atoms with van der Waals surface area (Å²) in [6.07, 6.45) is 0. The molecule has 0 aliphatic rings. The summed E-state index contributed by atoms with van der Waals surface area (Å²) in [5.74, 6) is 0. The van der Waals surface area contributed by atoms with Crippen molar-refractivity contribution in [2.45, 2.75) is 27.3 Å². The van der Waals surface area contributed by atoms with Crippen LogP contribution in [0, 0.1) is 20.8 Å². The molecule has 3 rings (SSSR count). The van der Waals surface area contributed by atoms with Crippen LogP contribution in [0.2, 0.25) is 0 Å². The van der Waals surface area contributed by atoms with E-state index >= 15 is 0 Å². The monoisotopic (exact) mass is 266 g/mol.